The molecule has 240 valence electrons. The minimum atomic E-state index is -4.08. The first-order valence-corrected chi connectivity index (χ1v) is 16.2. The molecule has 0 saturated carbocycles. The van der Waals surface area contributed by atoms with Crippen LogP contribution >= 0.6 is 22.9 Å². The number of thiazole rings is 1. The van der Waals surface area contributed by atoms with Crippen molar-refractivity contribution in [1.82, 2.24) is 15.0 Å². The Morgan fingerprint density at radius 2 is 1.76 bits per heavy atom. The van der Waals surface area contributed by atoms with Gasteiger partial charge in [0, 0.05) is 23.7 Å². The van der Waals surface area contributed by atoms with Crippen LogP contribution in [0.4, 0.5) is 8.78 Å². The number of carbonyl (C=O) groups excluding carboxylic acids is 2. The molecule has 3 aromatic rings. The van der Waals surface area contributed by atoms with Crippen molar-refractivity contribution in [2.75, 3.05) is 13.7 Å². The fourth-order valence-corrected chi connectivity index (χ4v) is 6.23. The van der Waals surface area contributed by atoms with Crippen molar-refractivity contribution in [3.63, 3.8) is 0 Å². The third-order valence-corrected chi connectivity index (χ3v) is 9.13. The van der Waals surface area contributed by atoms with Crippen LogP contribution in [0.2, 0.25) is 5.02 Å². The Morgan fingerprint density at radius 3 is 2.33 bits per heavy atom. The highest BCUT2D eigenvalue weighted by molar-refractivity contribution is 7.89. The van der Waals surface area contributed by atoms with Crippen molar-refractivity contribution >= 4 is 56.4 Å². The fraction of sp³-hybridized carbons (Fsp3) is 0.333. The van der Waals surface area contributed by atoms with Crippen molar-refractivity contribution in [2.45, 2.75) is 51.2 Å². The number of methoxy groups -OCH3 is 1. The minimum Gasteiger partial charge on any atom is -0.466 e. The van der Waals surface area contributed by atoms with E-state index in [0.29, 0.717) is 10.6 Å². The number of benzene rings is 2. The number of hydrogen-bond acceptors (Lipinski definition) is 10. The molecule has 0 spiro atoms. The van der Waals surface area contributed by atoms with Crippen LogP contribution in [0, 0.1) is 17.0 Å². The molecule has 0 fully saturated rings. The number of ether oxygens (including phenoxy) is 2. The highest BCUT2D eigenvalue weighted by atomic mass is 35.5. The molecule has 1 aliphatic heterocycles. The van der Waals surface area contributed by atoms with Crippen LogP contribution < -0.4 is 10.0 Å². The van der Waals surface area contributed by atoms with Gasteiger partial charge >= 0.3 is 11.9 Å². The third kappa shape index (κ3) is 7.57. The predicted molar refractivity (Wildman–Crippen MR) is 166 cm³/mol. The molecule has 2 heterocycles. The molecule has 0 bridgehead atoms. The second-order valence-corrected chi connectivity index (χ2v) is 14.7. The summed E-state index contributed by atoms with van der Waals surface area (Å²) >= 11 is 7.44. The van der Waals surface area contributed by atoms with Crippen molar-refractivity contribution in [3.05, 3.63) is 86.3 Å². The van der Waals surface area contributed by atoms with E-state index in [4.69, 9.17) is 21.1 Å². The van der Waals surface area contributed by atoms with Crippen LogP contribution in [0.15, 0.2) is 63.4 Å². The van der Waals surface area contributed by atoms with Gasteiger partial charge in [0.2, 0.25) is 10.0 Å². The molecule has 45 heavy (non-hydrogen) atoms. The number of nitrogens with zero attached hydrogens (tertiary/aromatic N) is 2. The van der Waals surface area contributed by atoms with Gasteiger partial charge in [-0.2, -0.15) is 0 Å². The summed E-state index contributed by atoms with van der Waals surface area (Å²) in [5.41, 5.74) is -1.48. The highest BCUT2D eigenvalue weighted by Gasteiger charge is 2.36. The lowest BCUT2D eigenvalue weighted by atomic mass is 9.93. The summed E-state index contributed by atoms with van der Waals surface area (Å²) < 4.78 is 67.7. The van der Waals surface area contributed by atoms with E-state index in [9.17, 15) is 26.8 Å². The Morgan fingerprint density at radius 1 is 1.09 bits per heavy atom. The van der Waals surface area contributed by atoms with Crippen LogP contribution in [0.1, 0.15) is 56.8 Å². The molecule has 15 heteroatoms. The zero-order chi connectivity index (χ0) is 33.3. The van der Waals surface area contributed by atoms with E-state index in [-0.39, 0.29) is 34.1 Å². The fourth-order valence-electron chi connectivity index (χ4n) is 4.17. The van der Waals surface area contributed by atoms with Gasteiger partial charge in [0.25, 0.3) is 0 Å². The molecule has 0 amide bonds. The Balaban J connectivity index is 1.73. The first-order valence-electron chi connectivity index (χ1n) is 13.5. The molecule has 2 N–H and O–H groups in total. The van der Waals surface area contributed by atoms with Crippen LogP contribution in [-0.4, -0.2) is 50.4 Å². The largest absolute Gasteiger partial charge is 0.466 e. The normalized spacial score (nSPS) is 15.8. The molecule has 2 aromatic carbocycles. The lowest BCUT2D eigenvalue weighted by molar-refractivity contribution is -0.165. The van der Waals surface area contributed by atoms with E-state index >= 15 is 0 Å². The van der Waals surface area contributed by atoms with E-state index in [1.54, 1.807) is 46.2 Å². The van der Waals surface area contributed by atoms with Gasteiger partial charge in [-0.3, -0.25) is 9.79 Å². The van der Waals surface area contributed by atoms with Gasteiger partial charge in [-0.25, -0.2) is 31.7 Å². The van der Waals surface area contributed by atoms with E-state index < -0.39 is 55.7 Å². The van der Waals surface area contributed by atoms with Gasteiger partial charge in [0.1, 0.15) is 11.6 Å². The lowest BCUT2D eigenvalue weighted by Crippen LogP contribution is -2.42. The van der Waals surface area contributed by atoms with Crippen LogP contribution in [0.25, 0.3) is 5.70 Å². The van der Waals surface area contributed by atoms with E-state index in [0.717, 1.165) is 13.2 Å². The summed E-state index contributed by atoms with van der Waals surface area (Å²) in [6.07, 6.45) is 1.54. The Kier molecular flexibility index (Phi) is 9.83. The second kappa shape index (κ2) is 12.9. The van der Waals surface area contributed by atoms with Gasteiger partial charge in [0.15, 0.2) is 22.5 Å². The van der Waals surface area contributed by atoms with Crippen molar-refractivity contribution in [3.8, 4) is 0 Å². The van der Waals surface area contributed by atoms with Crippen molar-refractivity contribution in [1.29, 1.82) is 0 Å². The number of rotatable bonds is 9. The Hall–Kier alpha value is -3.72. The first-order chi connectivity index (χ1) is 20.9. The summed E-state index contributed by atoms with van der Waals surface area (Å²) in [6.45, 7) is 8.06. The minimum absolute atomic E-state index is 0.0000209. The topological polar surface area (TPSA) is 136 Å². The molecular weight excluding hydrogens is 650 g/mol. The van der Waals surface area contributed by atoms with Gasteiger partial charge in [0.05, 0.1) is 33.7 Å². The number of hydrogen-bond donors (Lipinski definition) is 2. The van der Waals surface area contributed by atoms with E-state index in [1.807, 2.05) is 0 Å². The van der Waals surface area contributed by atoms with Gasteiger partial charge in [-0.05, 0) is 58.4 Å². The lowest BCUT2D eigenvalue weighted by Gasteiger charge is -2.28. The molecule has 1 atom stereocenters. The van der Waals surface area contributed by atoms with Gasteiger partial charge < -0.3 is 14.8 Å². The van der Waals surface area contributed by atoms with Crippen LogP contribution in [0.3, 0.4) is 0 Å². The van der Waals surface area contributed by atoms with E-state index in [2.05, 4.69) is 20.0 Å². The molecule has 1 unspecified atom stereocenters. The van der Waals surface area contributed by atoms with Gasteiger partial charge in [-0.1, -0.05) is 29.8 Å². The Bertz CT molecular complexity index is 1790. The molecular formula is C30H31ClF2N4O6S2. The first kappa shape index (κ1) is 34.2. The number of halogens is 3. The molecule has 10 nitrogen and oxygen atoms in total. The highest BCUT2D eigenvalue weighted by Crippen LogP contribution is 2.40. The number of nitrogens with one attached hydrogen (secondary N) is 2. The standard InChI is InChI=1S/C30H31ClF2N4O6S2/c1-29(2,3)43-28(39)30(4,5)15-35-45(40,41)17-9-7-16(8-10-17)23-20(27(38)42-6)24(18-11-12-19(32)22(33)21(18)31)37-25(36-23)26-34-13-14-44-26/h7-14,24,35H,15H2,1-6H3,(H,36,37). The number of sulfonamides is 1. The summed E-state index contributed by atoms with van der Waals surface area (Å²) in [4.78, 5) is 34.5. The number of aromatic nitrogens is 1. The van der Waals surface area contributed by atoms with Crippen LogP contribution in [0.5, 0.6) is 0 Å². The maximum absolute atomic E-state index is 14.6. The summed E-state index contributed by atoms with van der Waals surface area (Å²) in [7, 11) is -2.93. The number of amidine groups is 1. The quantitative estimate of drug-likeness (QED) is 0.227. The summed E-state index contributed by atoms with van der Waals surface area (Å²) in [5.74, 6) is -3.67. The molecule has 1 aromatic heterocycles. The predicted octanol–water partition coefficient (Wildman–Crippen LogP) is 5.40. The molecule has 1 aliphatic rings. The van der Waals surface area contributed by atoms with E-state index in [1.165, 1.54) is 41.7 Å². The number of aliphatic imine (C=N–C) groups is 1. The molecule has 4 rings (SSSR count). The molecule has 0 radical (unpaired) electrons. The maximum Gasteiger partial charge on any atom is 0.338 e. The smallest absolute Gasteiger partial charge is 0.338 e. The van der Waals surface area contributed by atoms with Gasteiger partial charge in [-0.15, -0.1) is 11.3 Å². The molecule has 0 aliphatic carbocycles. The summed E-state index contributed by atoms with van der Waals surface area (Å²) in [5, 5.41) is 4.63. The zero-order valence-corrected chi connectivity index (χ0v) is 27.6. The monoisotopic (exact) mass is 680 g/mol. The Labute approximate surface area is 268 Å². The average molecular weight is 681 g/mol. The summed E-state index contributed by atoms with van der Waals surface area (Å²) in [6, 6.07) is 6.39. The third-order valence-electron chi connectivity index (χ3n) is 6.55. The number of carbonyl (C=O) groups is 2. The maximum atomic E-state index is 14.6. The van der Waals surface area contributed by atoms with Crippen LogP contribution in [-0.2, 0) is 29.1 Å². The SMILES string of the molecule is COC(=O)C1=C(c2ccc(S(=O)(=O)NCC(C)(C)C(=O)OC(C)(C)C)cc2)NC(c2nccs2)=NC1c1ccc(F)c(F)c1Cl. The zero-order valence-electron chi connectivity index (χ0n) is 25.2. The molecule has 0 saturated heterocycles. The second-order valence-electron chi connectivity index (χ2n) is 11.6. The van der Waals surface area contributed by atoms with Crippen molar-refractivity contribution < 1.29 is 36.3 Å². The average Bonchev–Trinajstić information content (AvgIpc) is 3.53. The van der Waals surface area contributed by atoms with Crippen molar-refractivity contribution in [2.24, 2.45) is 10.4 Å². The number of esters is 2.